The Hall–Kier alpha value is -1.00. The van der Waals surface area contributed by atoms with Gasteiger partial charge in [0, 0.05) is 23.6 Å². The van der Waals surface area contributed by atoms with Crippen LogP contribution in [0.2, 0.25) is 0 Å². The smallest absolute Gasteiger partial charge is 0.128 e. The van der Waals surface area contributed by atoms with E-state index < -0.39 is 5.82 Å². The quantitative estimate of drug-likeness (QED) is 0.913. The van der Waals surface area contributed by atoms with Gasteiger partial charge in [0.05, 0.1) is 6.61 Å². The highest BCUT2D eigenvalue weighted by atomic mass is 19.1. The SMILES string of the molecule is OCC1([CH]N2CCC[C@@H]2c2cc(F)ccc2F)CCC1. The molecular weight excluding hydrogens is 260 g/mol. The number of aliphatic hydroxyl groups excluding tert-OH is 1. The number of rotatable bonds is 4. The minimum Gasteiger partial charge on any atom is -0.396 e. The third-order valence-electron chi connectivity index (χ3n) is 4.72. The van der Waals surface area contributed by atoms with Crippen molar-refractivity contribution in [2.45, 2.75) is 38.1 Å². The summed E-state index contributed by atoms with van der Waals surface area (Å²) in [5.74, 6) is -0.739. The van der Waals surface area contributed by atoms with Crippen LogP contribution in [0.4, 0.5) is 8.78 Å². The summed E-state index contributed by atoms with van der Waals surface area (Å²) in [6.45, 7) is 3.07. The molecule has 0 aromatic heterocycles. The van der Waals surface area contributed by atoms with Gasteiger partial charge in [-0.15, -0.1) is 0 Å². The fourth-order valence-corrected chi connectivity index (χ4v) is 3.36. The molecule has 4 heteroatoms. The van der Waals surface area contributed by atoms with E-state index in [4.69, 9.17) is 0 Å². The van der Waals surface area contributed by atoms with Gasteiger partial charge in [-0.1, -0.05) is 6.42 Å². The van der Waals surface area contributed by atoms with Gasteiger partial charge in [0.25, 0.3) is 0 Å². The van der Waals surface area contributed by atoms with E-state index in [-0.39, 0.29) is 23.9 Å². The fraction of sp³-hybridized carbons (Fsp3) is 0.562. The zero-order valence-corrected chi connectivity index (χ0v) is 11.5. The van der Waals surface area contributed by atoms with Crippen LogP contribution in [0.3, 0.4) is 0 Å². The number of likely N-dealkylation sites (tertiary alicyclic amines) is 1. The van der Waals surface area contributed by atoms with Gasteiger partial charge in [-0.25, -0.2) is 8.78 Å². The number of hydrogen-bond acceptors (Lipinski definition) is 2. The summed E-state index contributed by atoms with van der Waals surface area (Å²) in [4.78, 5) is 2.10. The van der Waals surface area contributed by atoms with Crippen molar-refractivity contribution < 1.29 is 13.9 Å². The van der Waals surface area contributed by atoms with Gasteiger partial charge in [0.1, 0.15) is 11.6 Å². The molecule has 1 aromatic rings. The summed E-state index contributed by atoms with van der Waals surface area (Å²) in [5.41, 5.74) is 0.304. The normalized spacial score (nSPS) is 25.6. The molecular formula is C16H20F2NO. The number of benzene rings is 1. The highest BCUT2D eigenvalue weighted by Crippen LogP contribution is 2.47. The molecule has 2 aliphatic rings. The highest BCUT2D eigenvalue weighted by molar-refractivity contribution is 5.24. The zero-order valence-electron chi connectivity index (χ0n) is 11.5. The van der Waals surface area contributed by atoms with Crippen molar-refractivity contribution >= 4 is 0 Å². The van der Waals surface area contributed by atoms with Crippen LogP contribution in [0, 0.1) is 23.6 Å². The van der Waals surface area contributed by atoms with E-state index >= 15 is 0 Å². The number of hydrogen-bond donors (Lipinski definition) is 1. The third-order valence-corrected chi connectivity index (χ3v) is 4.72. The molecule has 2 nitrogen and oxygen atoms in total. The first kappa shape index (κ1) is 14.0. The molecule has 1 aliphatic carbocycles. The molecule has 0 bridgehead atoms. The first-order valence-corrected chi connectivity index (χ1v) is 7.31. The lowest BCUT2D eigenvalue weighted by molar-refractivity contribution is 0.0401. The summed E-state index contributed by atoms with van der Waals surface area (Å²) in [6.07, 6.45) is 4.90. The fourth-order valence-electron chi connectivity index (χ4n) is 3.36. The van der Waals surface area contributed by atoms with Crippen molar-refractivity contribution in [3.63, 3.8) is 0 Å². The van der Waals surface area contributed by atoms with Crippen LogP contribution in [0.5, 0.6) is 0 Å². The van der Waals surface area contributed by atoms with Crippen molar-refractivity contribution in [3.05, 3.63) is 41.9 Å². The lowest BCUT2D eigenvalue weighted by Crippen LogP contribution is -2.40. The Morgan fingerprint density at radius 1 is 1.30 bits per heavy atom. The van der Waals surface area contributed by atoms with Crippen LogP contribution in [0.15, 0.2) is 18.2 Å². The van der Waals surface area contributed by atoms with Crippen LogP contribution in [-0.4, -0.2) is 23.2 Å². The maximum absolute atomic E-state index is 13.9. The lowest BCUT2D eigenvalue weighted by Gasteiger charge is -2.44. The summed E-state index contributed by atoms with van der Waals surface area (Å²) in [6, 6.07) is 3.56. The van der Waals surface area contributed by atoms with E-state index in [1.807, 2.05) is 0 Å². The molecule has 0 unspecified atom stereocenters. The zero-order chi connectivity index (χ0) is 14.2. The Morgan fingerprint density at radius 3 is 2.75 bits per heavy atom. The van der Waals surface area contributed by atoms with Gasteiger partial charge in [-0.05, 0) is 50.4 Å². The molecule has 109 valence electrons. The molecule has 1 N–H and O–H groups in total. The van der Waals surface area contributed by atoms with Crippen LogP contribution < -0.4 is 0 Å². The van der Waals surface area contributed by atoms with Gasteiger partial charge < -0.3 is 5.11 Å². The van der Waals surface area contributed by atoms with E-state index in [1.54, 1.807) is 0 Å². The van der Waals surface area contributed by atoms with Gasteiger partial charge in [-0.3, -0.25) is 4.90 Å². The molecule has 20 heavy (non-hydrogen) atoms. The Balaban J connectivity index is 1.80. The number of aliphatic hydroxyl groups is 1. The molecule has 1 saturated heterocycles. The van der Waals surface area contributed by atoms with Gasteiger partial charge in [-0.2, -0.15) is 0 Å². The average Bonchev–Trinajstić information content (AvgIpc) is 2.84. The monoisotopic (exact) mass is 280 g/mol. The maximum Gasteiger partial charge on any atom is 0.128 e. The maximum atomic E-state index is 13.9. The Morgan fingerprint density at radius 2 is 2.10 bits per heavy atom. The number of nitrogens with zero attached hydrogens (tertiary/aromatic N) is 1. The van der Waals surface area contributed by atoms with Crippen molar-refractivity contribution in [3.8, 4) is 0 Å². The van der Waals surface area contributed by atoms with E-state index in [1.165, 1.54) is 12.1 Å². The largest absolute Gasteiger partial charge is 0.396 e. The van der Waals surface area contributed by atoms with Crippen LogP contribution >= 0.6 is 0 Å². The van der Waals surface area contributed by atoms with Crippen LogP contribution in [0.1, 0.15) is 43.7 Å². The molecule has 1 atom stereocenters. The second-order valence-corrected chi connectivity index (χ2v) is 6.06. The lowest BCUT2D eigenvalue weighted by atomic mass is 9.69. The molecule has 0 amide bonds. The predicted octanol–water partition coefficient (Wildman–Crippen LogP) is 3.43. The molecule has 1 saturated carbocycles. The molecule has 1 aliphatic heterocycles. The first-order chi connectivity index (χ1) is 9.63. The van der Waals surface area contributed by atoms with Crippen molar-refractivity contribution in [1.82, 2.24) is 4.90 Å². The summed E-state index contributed by atoms with van der Waals surface area (Å²) < 4.78 is 27.3. The second kappa shape index (κ2) is 5.41. The molecule has 1 radical (unpaired) electrons. The number of halogens is 2. The minimum absolute atomic E-state index is 0.102. The van der Waals surface area contributed by atoms with E-state index in [0.29, 0.717) is 5.56 Å². The molecule has 3 rings (SSSR count). The van der Waals surface area contributed by atoms with Gasteiger partial charge in [0.15, 0.2) is 0 Å². The summed E-state index contributed by atoms with van der Waals surface area (Å²) in [7, 11) is 0. The van der Waals surface area contributed by atoms with Gasteiger partial charge >= 0.3 is 0 Å². The average molecular weight is 280 g/mol. The minimum atomic E-state index is -0.395. The van der Waals surface area contributed by atoms with Crippen LogP contribution in [0.25, 0.3) is 0 Å². The Labute approximate surface area is 118 Å². The molecule has 2 fully saturated rings. The van der Waals surface area contributed by atoms with Crippen LogP contribution in [-0.2, 0) is 0 Å². The van der Waals surface area contributed by atoms with Crippen molar-refractivity contribution in [2.24, 2.45) is 5.41 Å². The molecule has 0 spiro atoms. The van der Waals surface area contributed by atoms with E-state index in [9.17, 15) is 13.9 Å². The van der Waals surface area contributed by atoms with Crippen molar-refractivity contribution in [2.75, 3.05) is 13.2 Å². The highest BCUT2D eigenvalue weighted by Gasteiger charge is 2.41. The Bertz CT molecular complexity index is 482. The van der Waals surface area contributed by atoms with Gasteiger partial charge in [0.2, 0.25) is 0 Å². The topological polar surface area (TPSA) is 23.5 Å². The predicted molar refractivity (Wildman–Crippen MR) is 72.7 cm³/mol. The van der Waals surface area contributed by atoms with E-state index in [2.05, 4.69) is 11.4 Å². The summed E-state index contributed by atoms with van der Waals surface area (Å²) >= 11 is 0. The first-order valence-electron chi connectivity index (χ1n) is 7.31. The molecule has 1 aromatic carbocycles. The van der Waals surface area contributed by atoms with Crippen molar-refractivity contribution in [1.29, 1.82) is 0 Å². The third kappa shape index (κ3) is 2.47. The Kier molecular flexibility index (Phi) is 3.78. The summed E-state index contributed by atoms with van der Waals surface area (Å²) in [5, 5.41) is 9.56. The molecule has 1 heterocycles. The second-order valence-electron chi connectivity index (χ2n) is 6.06. The standard InChI is InChI=1S/C16H20F2NO/c17-12-4-5-14(18)13(9-12)15-3-1-8-19(15)10-16(11-20)6-2-7-16/h4-5,9-10,15,20H,1-3,6-8,11H2/t15-/m1/s1. The van der Waals surface area contributed by atoms with E-state index in [0.717, 1.165) is 44.7 Å².